The second kappa shape index (κ2) is 8.07. The van der Waals surface area contributed by atoms with E-state index in [1.807, 2.05) is 0 Å². The lowest BCUT2D eigenvalue weighted by Crippen LogP contribution is -2.63. The molecule has 1 aromatic carbocycles. The zero-order valence-corrected chi connectivity index (χ0v) is 15.8. The van der Waals surface area contributed by atoms with Crippen LogP contribution in [0.2, 0.25) is 0 Å². The van der Waals surface area contributed by atoms with Crippen LogP contribution in [0.5, 0.6) is 0 Å². The molecule has 1 saturated heterocycles. The van der Waals surface area contributed by atoms with Crippen molar-refractivity contribution >= 4 is 18.3 Å². The van der Waals surface area contributed by atoms with E-state index in [1.165, 1.54) is 43.2 Å². The normalized spacial score (nSPS) is 23.0. The summed E-state index contributed by atoms with van der Waals surface area (Å²) in [5, 5.41) is 3.57. The van der Waals surface area contributed by atoms with Gasteiger partial charge in [-0.15, -0.1) is 12.4 Å². The number of halogens is 1. The first-order chi connectivity index (χ1) is 11.8. The molecule has 4 rings (SSSR count). The molecule has 0 aromatic heterocycles. The van der Waals surface area contributed by atoms with Crippen molar-refractivity contribution in [1.82, 2.24) is 15.1 Å². The van der Waals surface area contributed by atoms with E-state index in [1.54, 1.807) is 0 Å². The molecule has 1 amide bonds. The molecule has 5 heteroatoms. The molecule has 1 aromatic rings. The molecule has 1 saturated carbocycles. The standard InChI is InChI=1S/C20H29N3O.ClH/c24-19(22-12-8-17-6-2-3-7-18(17)14-22)15-23-13-11-21-16-20(23)9-4-1-5-10-20;/h2-3,6-7,21H,1,4-5,8-16H2;1H. The van der Waals surface area contributed by atoms with Gasteiger partial charge in [-0.3, -0.25) is 9.69 Å². The van der Waals surface area contributed by atoms with Crippen LogP contribution in [0.4, 0.5) is 0 Å². The van der Waals surface area contributed by atoms with Crippen molar-refractivity contribution in [2.75, 3.05) is 32.7 Å². The van der Waals surface area contributed by atoms with Crippen LogP contribution in [-0.4, -0.2) is 54.0 Å². The molecule has 0 radical (unpaired) electrons. The Hall–Kier alpha value is -1.10. The molecule has 138 valence electrons. The van der Waals surface area contributed by atoms with Crippen LogP contribution < -0.4 is 5.32 Å². The number of carbonyl (C=O) groups is 1. The second-order valence-electron chi connectivity index (χ2n) is 7.72. The number of piperazine rings is 1. The lowest BCUT2D eigenvalue weighted by Gasteiger charge is -2.50. The Balaban J connectivity index is 0.00000182. The van der Waals surface area contributed by atoms with Gasteiger partial charge in [0.05, 0.1) is 6.54 Å². The summed E-state index contributed by atoms with van der Waals surface area (Å²) in [5.74, 6) is 0.316. The number of amides is 1. The third-order valence-corrected chi connectivity index (χ3v) is 6.28. The third-order valence-electron chi connectivity index (χ3n) is 6.28. The smallest absolute Gasteiger partial charge is 0.237 e. The molecule has 0 unspecified atom stereocenters. The van der Waals surface area contributed by atoms with E-state index in [4.69, 9.17) is 0 Å². The van der Waals surface area contributed by atoms with Gasteiger partial charge >= 0.3 is 0 Å². The molecule has 2 fully saturated rings. The Morgan fingerprint density at radius 3 is 2.64 bits per heavy atom. The van der Waals surface area contributed by atoms with Gasteiger partial charge in [0.25, 0.3) is 0 Å². The summed E-state index contributed by atoms with van der Waals surface area (Å²) >= 11 is 0. The summed E-state index contributed by atoms with van der Waals surface area (Å²) in [6.45, 7) is 5.34. The van der Waals surface area contributed by atoms with Gasteiger partial charge < -0.3 is 10.2 Å². The summed E-state index contributed by atoms with van der Waals surface area (Å²) in [7, 11) is 0. The van der Waals surface area contributed by atoms with Crippen molar-refractivity contribution in [2.24, 2.45) is 0 Å². The Morgan fingerprint density at radius 1 is 1.08 bits per heavy atom. The Kier molecular flexibility index (Phi) is 6.03. The topological polar surface area (TPSA) is 35.6 Å². The van der Waals surface area contributed by atoms with Gasteiger partial charge in [-0.2, -0.15) is 0 Å². The highest BCUT2D eigenvalue weighted by molar-refractivity contribution is 5.85. The number of benzene rings is 1. The zero-order valence-electron chi connectivity index (χ0n) is 15.0. The molecule has 1 aliphatic carbocycles. The lowest BCUT2D eigenvalue weighted by atomic mass is 9.79. The predicted octanol–water partition coefficient (Wildman–Crippen LogP) is 2.60. The third kappa shape index (κ3) is 3.86. The highest BCUT2D eigenvalue weighted by Gasteiger charge is 2.40. The molecule has 2 heterocycles. The van der Waals surface area contributed by atoms with Crippen LogP contribution in [-0.2, 0) is 17.8 Å². The fraction of sp³-hybridized carbons (Fsp3) is 0.650. The van der Waals surface area contributed by atoms with Crippen LogP contribution in [0.3, 0.4) is 0 Å². The van der Waals surface area contributed by atoms with Gasteiger partial charge in [-0.25, -0.2) is 0 Å². The van der Waals surface area contributed by atoms with Gasteiger partial charge in [0.1, 0.15) is 0 Å². The van der Waals surface area contributed by atoms with Gasteiger partial charge in [-0.05, 0) is 30.4 Å². The van der Waals surface area contributed by atoms with E-state index in [0.717, 1.165) is 39.1 Å². The van der Waals surface area contributed by atoms with E-state index in [2.05, 4.69) is 39.4 Å². The maximum Gasteiger partial charge on any atom is 0.237 e. The van der Waals surface area contributed by atoms with Crippen molar-refractivity contribution in [1.29, 1.82) is 0 Å². The molecule has 3 aliphatic rings. The van der Waals surface area contributed by atoms with E-state index >= 15 is 0 Å². The number of rotatable bonds is 2. The van der Waals surface area contributed by atoms with Gasteiger partial charge in [0, 0.05) is 38.3 Å². The summed E-state index contributed by atoms with van der Waals surface area (Å²) in [4.78, 5) is 17.5. The van der Waals surface area contributed by atoms with Crippen molar-refractivity contribution in [3.63, 3.8) is 0 Å². The number of nitrogens with zero attached hydrogens (tertiary/aromatic N) is 2. The zero-order chi connectivity index (χ0) is 16.4. The van der Waals surface area contributed by atoms with Crippen LogP contribution >= 0.6 is 12.4 Å². The highest BCUT2D eigenvalue weighted by Crippen LogP contribution is 2.34. The maximum atomic E-state index is 13.0. The predicted molar refractivity (Wildman–Crippen MR) is 103 cm³/mol. The Labute approximate surface area is 157 Å². The molecule has 0 bridgehead atoms. The minimum Gasteiger partial charge on any atom is -0.337 e. The van der Waals surface area contributed by atoms with Crippen molar-refractivity contribution < 1.29 is 4.79 Å². The van der Waals surface area contributed by atoms with Crippen LogP contribution in [0.15, 0.2) is 24.3 Å². The molecule has 1 spiro atoms. The first kappa shape index (κ1) is 18.7. The molecule has 25 heavy (non-hydrogen) atoms. The molecule has 0 atom stereocenters. The number of carbonyl (C=O) groups excluding carboxylic acids is 1. The van der Waals surface area contributed by atoms with E-state index < -0.39 is 0 Å². The summed E-state index contributed by atoms with van der Waals surface area (Å²) in [5.41, 5.74) is 2.97. The van der Waals surface area contributed by atoms with Crippen molar-refractivity contribution in [3.05, 3.63) is 35.4 Å². The van der Waals surface area contributed by atoms with Crippen LogP contribution in [0.1, 0.15) is 43.2 Å². The first-order valence-corrected chi connectivity index (χ1v) is 9.57. The minimum absolute atomic E-state index is 0. The Morgan fingerprint density at radius 2 is 1.84 bits per heavy atom. The number of hydrogen-bond acceptors (Lipinski definition) is 3. The fourth-order valence-electron chi connectivity index (χ4n) is 4.81. The monoisotopic (exact) mass is 363 g/mol. The minimum atomic E-state index is 0. The average Bonchev–Trinajstić information content (AvgIpc) is 2.64. The van der Waals surface area contributed by atoms with Crippen LogP contribution in [0.25, 0.3) is 0 Å². The quantitative estimate of drug-likeness (QED) is 0.877. The molecular formula is C20H30ClN3O. The SMILES string of the molecule is Cl.O=C(CN1CCNCC12CCCCC2)N1CCc2ccccc2C1. The largest absolute Gasteiger partial charge is 0.337 e. The Bertz CT molecular complexity index is 592. The summed E-state index contributed by atoms with van der Waals surface area (Å²) < 4.78 is 0. The van der Waals surface area contributed by atoms with Gasteiger partial charge in [0.2, 0.25) is 5.91 Å². The molecular weight excluding hydrogens is 334 g/mol. The molecule has 1 N–H and O–H groups in total. The molecule has 2 aliphatic heterocycles. The number of fused-ring (bicyclic) bond motifs is 1. The summed E-state index contributed by atoms with van der Waals surface area (Å²) in [6, 6.07) is 8.55. The van der Waals surface area contributed by atoms with Crippen molar-refractivity contribution in [2.45, 2.75) is 50.6 Å². The van der Waals surface area contributed by atoms with Gasteiger partial charge in [0.15, 0.2) is 0 Å². The van der Waals surface area contributed by atoms with E-state index in [-0.39, 0.29) is 17.9 Å². The number of nitrogens with one attached hydrogen (secondary N) is 1. The highest BCUT2D eigenvalue weighted by atomic mass is 35.5. The van der Waals surface area contributed by atoms with Gasteiger partial charge in [-0.1, -0.05) is 43.5 Å². The fourth-order valence-corrected chi connectivity index (χ4v) is 4.81. The number of hydrogen-bond donors (Lipinski definition) is 1. The van der Waals surface area contributed by atoms with Crippen molar-refractivity contribution in [3.8, 4) is 0 Å². The second-order valence-corrected chi connectivity index (χ2v) is 7.72. The summed E-state index contributed by atoms with van der Waals surface area (Å²) in [6.07, 6.45) is 7.46. The first-order valence-electron chi connectivity index (χ1n) is 9.57. The lowest BCUT2D eigenvalue weighted by molar-refractivity contribution is -0.136. The van der Waals surface area contributed by atoms with E-state index in [9.17, 15) is 4.79 Å². The van der Waals surface area contributed by atoms with Crippen LogP contribution in [0, 0.1) is 0 Å². The van der Waals surface area contributed by atoms with E-state index in [0.29, 0.717) is 12.5 Å². The average molecular weight is 364 g/mol. The maximum absolute atomic E-state index is 13.0. The molecule has 4 nitrogen and oxygen atoms in total.